The van der Waals surface area contributed by atoms with E-state index < -0.39 is 12.2 Å². The third kappa shape index (κ3) is 3.16. The van der Waals surface area contributed by atoms with Crippen LogP contribution in [0, 0.1) is 0 Å². The Balaban J connectivity index is 2.16. The van der Waals surface area contributed by atoms with Crippen LogP contribution < -0.4 is 0 Å². The van der Waals surface area contributed by atoms with Crippen molar-refractivity contribution in [1.82, 2.24) is 14.7 Å². The van der Waals surface area contributed by atoms with Crippen LogP contribution in [-0.4, -0.2) is 40.5 Å². The van der Waals surface area contributed by atoms with Crippen LogP contribution in [0.1, 0.15) is 45.2 Å². The van der Waals surface area contributed by atoms with Crippen LogP contribution in [-0.2, 0) is 5.41 Å². The topological polar surface area (TPSA) is 21.1 Å². The van der Waals surface area contributed by atoms with Gasteiger partial charge in [-0.15, -0.1) is 0 Å². The highest BCUT2D eigenvalue weighted by atomic mass is 19.4. The molecule has 2 unspecified atom stereocenters. The molecular weight excluding hydrogens is 267 g/mol. The number of nitrogens with zero attached hydrogens (tertiary/aromatic N) is 3. The first kappa shape index (κ1) is 15.4. The van der Waals surface area contributed by atoms with Crippen molar-refractivity contribution >= 4 is 0 Å². The molecule has 0 radical (unpaired) electrons. The summed E-state index contributed by atoms with van der Waals surface area (Å²) in [6.45, 7) is 6.66. The van der Waals surface area contributed by atoms with Crippen LogP contribution in [0.2, 0.25) is 0 Å². The second-order valence-corrected chi connectivity index (χ2v) is 6.68. The van der Waals surface area contributed by atoms with E-state index >= 15 is 0 Å². The number of halogens is 3. The largest absolute Gasteiger partial charge is 0.404 e. The van der Waals surface area contributed by atoms with Gasteiger partial charge in [0.25, 0.3) is 0 Å². The minimum atomic E-state index is -4.17. The lowest BCUT2D eigenvalue weighted by Crippen LogP contribution is -2.49. The molecule has 0 spiro atoms. The summed E-state index contributed by atoms with van der Waals surface area (Å²) in [6.07, 6.45) is 0.261. The lowest BCUT2D eigenvalue weighted by atomic mass is 9.90. The summed E-state index contributed by atoms with van der Waals surface area (Å²) in [6, 6.07) is -1.54. The van der Waals surface area contributed by atoms with Crippen molar-refractivity contribution in [2.24, 2.45) is 0 Å². The Kier molecular flexibility index (Phi) is 3.88. The number of hydrogen-bond donors (Lipinski definition) is 0. The maximum absolute atomic E-state index is 13.0. The number of piperidine rings is 1. The van der Waals surface area contributed by atoms with Crippen LogP contribution in [0.25, 0.3) is 0 Å². The summed E-state index contributed by atoms with van der Waals surface area (Å²) < 4.78 is 40.7. The molecule has 2 rings (SSSR count). The molecule has 2 atom stereocenters. The maximum atomic E-state index is 13.0. The molecule has 1 fully saturated rings. The van der Waals surface area contributed by atoms with E-state index in [0.717, 1.165) is 5.56 Å². The Bertz CT molecular complexity index is 459. The van der Waals surface area contributed by atoms with Gasteiger partial charge in [0.15, 0.2) is 0 Å². The predicted molar refractivity (Wildman–Crippen MR) is 71.7 cm³/mol. The fraction of sp³-hybridized carbons (Fsp3) is 0.786. The molecule has 6 heteroatoms. The van der Waals surface area contributed by atoms with E-state index in [-0.39, 0.29) is 17.9 Å². The zero-order chi connectivity index (χ0) is 15.1. The van der Waals surface area contributed by atoms with Crippen molar-refractivity contribution < 1.29 is 13.2 Å². The molecule has 0 amide bonds. The molecule has 0 aliphatic carbocycles. The molecule has 0 aromatic carbocycles. The summed E-state index contributed by atoms with van der Waals surface area (Å²) in [4.78, 5) is 1.39. The van der Waals surface area contributed by atoms with E-state index in [1.165, 1.54) is 11.9 Å². The molecular formula is C14H22F3N3. The van der Waals surface area contributed by atoms with Gasteiger partial charge in [0, 0.05) is 12.7 Å². The van der Waals surface area contributed by atoms with Crippen molar-refractivity contribution in [2.45, 2.75) is 57.3 Å². The van der Waals surface area contributed by atoms with Gasteiger partial charge >= 0.3 is 6.18 Å². The van der Waals surface area contributed by atoms with E-state index in [0.29, 0.717) is 13.0 Å². The summed E-state index contributed by atoms with van der Waals surface area (Å²) in [5, 5.41) is 4.28. The van der Waals surface area contributed by atoms with Gasteiger partial charge in [-0.1, -0.05) is 20.8 Å². The zero-order valence-electron chi connectivity index (χ0n) is 12.4. The molecule has 1 aliphatic heterocycles. The number of hydrogen-bond acceptors (Lipinski definition) is 2. The SMILES string of the molecule is CN1CCC(n2cc(C(C)(C)C)cn2)CC1C(F)(F)F. The van der Waals surface area contributed by atoms with Crippen molar-refractivity contribution in [2.75, 3.05) is 13.6 Å². The van der Waals surface area contributed by atoms with E-state index in [1.54, 1.807) is 10.9 Å². The molecule has 1 saturated heterocycles. The van der Waals surface area contributed by atoms with Crippen LogP contribution >= 0.6 is 0 Å². The van der Waals surface area contributed by atoms with Gasteiger partial charge in [-0.25, -0.2) is 0 Å². The average molecular weight is 289 g/mol. The second kappa shape index (κ2) is 5.06. The van der Waals surface area contributed by atoms with Crippen LogP contribution in [0.15, 0.2) is 12.4 Å². The molecule has 1 aromatic heterocycles. The number of aromatic nitrogens is 2. The Hall–Kier alpha value is -1.04. The van der Waals surface area contributed by atoms with Gasteiger partial charge in [-0.2, -0.15) is 18.3 Å². The molecule has 0 bridgehead atoms. The lowest BCUT2D eigenvalue weighted by Gasteiger charge is -2.38. The van der Waals surface area contributed by atoms with Crippen LogP contribution in [0.4, 0.5) is 13.2 Å². The van der Waals surface area contributed by atoms with Gasteiger partial charge in [0.05, 0.1) is 12.2 Å². The Morgan fingerprint density at radius 3 is 2.40 bits per heavy atom. The molecule has 20 heavy (non-hydrogen) atoms. The number of rotatable bonds is 1. The third-order valence-corrected chi connectivity index (χ3v) is 4.06. The molecule has 2 heterocycles. The lowest BCUT2D eigenvalue weighted by molar-refractivity contribution is -0.191. The molecule has 1 aliphatic rings. The highest BCUT2D eigenvalue weighted by Crippen LogP contribution is 2.35. The van der Waals surface area contributed by atoms with Crippen LogP contribution in [0.5, 0.6) is 0 Å². The second-order valence-electron chi connectivity index (χ2n) is 6.68. The number of alkyl halides is 3. The number of likely N-dealkylation sites (tertiary alicyclic amines) is 1. The summed E-state index contributed by atoms with van der Waals surface area (Å²) in [5.41, 5.74) is 1.02. The van der Waals surface area contributed by atoms with Gasteiger partial charge in [-0.3, -0.25) is 9.58 Å². The fourth-order valence-corrected chi connectivity index (χ4v) is 2.61. The summed E-state index contributed by atoms with van der Waals surface area (Å²) >= 11 is 0. The van der Waals surface area contributed by atoms with Gasteiger partial charge in [0.2, 0.25) is 0 Å². The minimum Gasteiger partial charge on any atom is -0.295 e. The first-order valence-corrected chi connectivity index (χ1v) is 6.90. The minimum absolute atomic E-state index is 0.0346. The summed E-state index contributed by atoms with van der Waals surface area (Å²) in [5.74, 6) is 0. The van der Waals surface area contributed by atoms with Crippen molar-refractivity contribution in [3.05, 3.63) is 18.0 Å². The maximum Gasteiger partial charge on any atom is 0.404 e. The molecule has 114 valence electrons. The molecule has 3 nitrogen and oxygen atoms in total. The summed E-state index contributed by atoms with van der Waals surface area (Å²) in [7, 11) is 1.54. The standard InChI is InChI=1S/C14H22F3N3/c1-13(2,3)10-8-18-20(9-10)11-5-6-19(4)12(7-11)14(15,16)17/h8-9,11-12H,5-7H2,1-4H3. The van der Waals surface area contributed by atoms with Gasteiger partial charge in [0.1, 0.15) is 6.04 Å². The Morgan fingerprint density at radius 2 is 1.90 bits per heavy atom. The third-order valence-electron chi connectivity index (χ3n) is 4.06. The van der Waals surface area contributed by atoms with E-state index in [9.17, 15) is 13.2 Å². The predicted octanol–water partition coefficient (Wildman–Crippen LogP) is 3.38. The smallest absolute Gasteiger partial charge is 0.295 e. The van der Waals surface area contributed by atoms with E-state index in [4.69, 9.17) is 0 Å². The highest BCUT2D eigenvalue weighted by molar-refractivity contribution is 5.15. The van der Waals surface area contributed by atoms with Crippen molar-refractivity contribution in [3.8, 4) is 0 Å². The first-order valence-electron chi connectivity index (χ1n) is 6.90. The van der Waals surface area contributed by atoms with Gasteiger partial charge in [-0.05, 0) is 30.9 Å². The Labute approximate surface area is 117 Å². The van der Waals surface area contributed by atoms with E-state index in [1.807, 2.05) is 6.20 Å². The first-order chi connectivity index (χ1) is 9.09. The quantitative estimate of drug-likeness (QED) is 0.790. The zero-order valence-corrected chi connectivity index (χ0v) is 12.4. The van der Waals surface area contributed by atoms with Crippen molar-refractivity contribution in [1.29, 1.82) is 0 Å². The van der Waals surface area contributed by atoms with Crippen LogP contribution in [0.3, 0.4) is 0 Å². The molecule has 0 N–H and O–H groups in total. The molecule has 0 saturated carbocycles. The monoisotopic (exact) mass is 289 g/mol. The molecule has 1 aromatic rings. The van der Waals surface area contributed by atoms with E-state index in [2.05, 4.69) is 25.9 Å². The fourth-order valence-electron chi connectivity index (χ4n) is 2.61. The average Bonchev–Trinajstić information content (AvgIpc) is 2.77. The highest BCUT2D eigenvalue weighted by Gasteiger charge is 2.45. The van der Waals surface area contributed by atoms with Crippen molar-refractivity contribution in [3.63, 3.8) is 0 Å². The Morgan fingerprint density at radius 1 is 1.25 bits per heavy atom. The normalized spacial score (nSPS) is 25.9. The van der Waals surface area contributed by atoms with Gasteiger partial charge < -0.3 is 0 Å².